The van der Waals surface area contributed by atoms with E-state index in [-0.39, 0.29) is 13.0 Å². The minimum absolute atomic E-state index is 0.212. The van der Waals surface area contributed by atoms with Crippen molar-refractivity contribution in [2.24, 2.45) is 0 Å². The first-order chi connectivity index (χ1) is 13.8. The van der Waals surface area contributed by atoms with Crippen LogP contribution in [0.4, 0.5) is 5.69 Å². The van der Waals surface area contributed by atoms with Crippen molar-refractivity contribution < 1.29 is 23.1 Å². The lowest BCUT2D eigenvalue weighted by Crippen LogP contribution is -2.39. The van der Waals surface area contributed by atoms with E-state index in [0.29, 0.717) is 11.3 Å². The summed E-state index contributed by atoms with van der Waals surface area (Å²) in [5, 5.41) is 8.77. The molecule has 154 valence electrons. The van der Waals surface area contributed by atoms with E-state index in [4.69, 9.17) is 9.84 Å². The number of anilines is 1. The van der Waals surface area contributed by atoms with Gasteiger partial charge in [0.1, 0.15) is 5.76 Å². The molecule has 0 radical (unpaired) electrons. The molecule has 8 nitrogen and oxygen atoms in total. The largest absolute Gasteiger partial charge is 0.481 e. The second kappa shape index (κ2) is 8.54. The van der Waals surface area contributed by atoms with Crippen LogP contribution >= 0.6 is 0 Å². The number of benzene rings is 2. The van der Waals surface area contributed by atoms with Gasteiger partial charge in [0, 0.05) is 37.5 Å². The predicted octanol–water partition coefficient (Wildman–Crippen LogP) is 2.39. The number of hydrogen-bond acceptors (Lipinski definition) is 5. The third-order valence-corrected chi connectivity index (χ3v) is 5.79. The summed E-state index contributed by atoms with van der Waals surface area (Å²) in [4.78, 5) is 12.7. The van der Waals surface area contributed by atoms with Gasteiger partial charge >= 0.3 is 16.2 Å². The van der Waals surface area contributed by atoms with Crippen molar-refractivity contribution in [1.29, 1.82) is 0 Å². The summed E-state index contributed by atoms with van der Waals surface area (Å²) < 4.78 is 35.0. The molecular formula is C20H23N3O5S. The van der Waals surface area contributed by atoms with Crippen molar-refractivity contribution in [2.75, 3.05) is 25.5 Å². The van der Waals surface area contributed by atoms with Gasteiger partial charge in [-0.1, -0.05) is 30.3 Å². The summed E-state index contributed by atoms with van der Waals surface area (Å²) in [6.45, 7) is -0.212. The van der Waals surface area contributed by atoms with E-state index in [1.54, 1.807) is 24.3 Å². The van der Waals surface area contributed by atoms with Gasteiger partial charge in [-0.2, -0.15) is 13.1 Å². The van der Waals surface area contributed by atoms with E-state index in [9.17, 15) is 13.2 Å². The van der Waals surface area contributed by atoms with Gasteiger partial charge in [0.25, 0.3) is 0 Å². The second-order valence-corrected chi connectivity index (χ2v) is 8.35. The molecule has 29 heavy (non-hydrogen) atoms. The quantitative estimate of drug-likeness (QED) is 0.684. The van der Waals surface area contributed by atoms with Crippen molar-refractivity contribution in [3.8, 4) is 0 Å². The maximum absolute atomic E-state index is 12.8. The fourth-order valence-corrected chi connectivity index (χ4v) is 4.00. The van der Waals surface area contributed by atoms with Crippen molar-refractivity contribution in [3.05, 3.63) is 71.9 Å². The molecule has 0 saturated carbocycles. The summed E-state index contributed by atoms with van der Waals surface area (Å²) in [5.41, 5.74) is 2.40. The molecule has 0 aromatic heterocycles. The Labute approximate surface area is 170 Å². The Morgan fingerprint density at radius 2 is 1.79 bits per heavy atom. The molecule has 1 atom stereocenters. The molecule has 0 spiro atoms. The monoisotopic (exact) mass is 417 g/mol. The number of carbonyl (C=O) groups is 1. The van der Waals surface area contributed by atoms with Gasteiger partial charge in [0.15, 0.2) is 0 Å². The highest BCUT2D eigenvalue weighted by molar-refractivity contribution is 7.87. The molecule has 3 rings (SSSR count). The van der Waals surface area contributed by atoms with E-state index < -0.39 is 22.4 Å². The molecule has 0 aliphatic carbocycles. The molecule has 9 heteroatoms. The van der Waals surface area contributed by atoms with Crippen LogP contribution in [0.25, 0.3) is 5.76 Å². The van der Waals surface area contributed by atoms with Crippen LogP contribution in [0.3, 0.4) is 0 Å². The Balaban J connectivity index is 1.91. The van der Waals surface area contributed by atoms with E-state index >= 15 is 0 Å². The highest BCUT2D eigenvalue weighted by atomic mass is 32.2. The summed E-state index contributed by atoms with van der Waals surface area (Å²) >= 11 is 0. The first-order valence-corrected chi connectivity index (χ1v) is 10.4. The molecule has 0 amide bonds. The minimum Gasteiger partial charge on any atom is -0.481 e. The number of carboxylic acids is 1. The van der Waals surface area contributed by atoms with Crippen LogP contribution < -0.4 is 9.62 Å². The van der Waals surface area contributed by atoms with Crippen molar-refractivity contribution in [3.63, 3.8) is 0 Å². The summed E-state index contributed by atoms with van der Waals surface area (Å²) in [7, 11) is -0.138. The molecule has 1 unspecified atom stereocenters. The third-order valence-electron chi connectivity index (χ3n) is 4.37. The molecule has 2 aromatic carbocycles. The van der Waals surface area contributed by atoms with Gasteiger partial charge in [0.05, 0.1) is 12.6 Å². The normalized spacial score (nSPS) is 16.3. The lowest BCUT2D eigenvalue weighted by molar-refractivity contribution is -0.136. The zero-order chi connectivity index (χ0) is 21.0. The Morgan fingerprint density at radius 3 is 2.38 bits per heavy atom. The van der Waals surface area contributed by atoms with Gasteiger partial charge in [-0.3, -0.25) is 4.79 Å². The van der Waals surface area contributed by atoms with Crippen molar-refractivity contribution in [2.45, 2.75) is 12.6 Å². The van der Waals surface area contributed by atoms with Crippen LogP contribution in [0.1, 0.15) is 23.8 Å². The first-order valence-electron chi connectivity index (χ1n) is 8.99. The molecule has 1 aliphatic rings. The molecular weight excluding hydrogens is 394 g/mol. The number of carboxylic acid groups (broad SMARTS) is 1. The highest BCUT2D eigenvalue weighted by Crippen LogP contribution is 2.38. The van der Waals surface area contributed by atoms with Gasteiger partial charge in [-0.05, 0) is 24.3 Å². The van der Waals surface area contributed by atoms with Crippen molar-refractivity contribution in [1.82, 2.24) is 9.03 Å². The number of nitrogens with one attached hydrogen (secondary N) is 1. The number of aliphatic carboxylic acids is 1. The molecule has 0 saturated heterocycles. The topological polar surface area (TPSA) is 99.2 Å². The van der Waals surface area contributed by atoms with Gasteiger partial charge in [-0.25, -0.2) is 4.31 Å². The van der Waals surface area contributed by atoms with E-state index in [2.05, 4.69) is 4.72 Å². The lowest BCUT2D eigenvalue weighted by Gasteiger charge is -2.24. The first kappa shape index (κ1) is 20.7. The van der Waals surface area contributed by atoms with Crippen LogP contribution in [0, 0.1) is 0 Å². The Hall–Kier alpha value is -3.04. The molecule has 2 aromatic rings. The van der Waals surface area contributed by atoms with Gasteiger partial charge in [0.2, 0.25) is 6.23 Å². The van der Waals surface area contributed by atoms with E-state index in [1.807, 2.05) is 49.3 Å². The molecule has 0 bridgehead atoms. The van der Waals surface area contributed by atoms with Gasteiger partial charge < -0.3 is 14.7 Å². The maximum atomic E-state index is 12.8. The van der Waals surface area contributed by atoms with E-state index in [0.717, 1.165) is 15.6 Å². The average molecular weight is 417 g/mol. The SMILES string of the molecule is CN(C)c1ccc(C2=CN(S(=O)(=O)NCCC(=O)O)C(c3ccccc3)O2)cc1. The molecule has 1 heterocycles. The van der Waals surface area contributed by atoms with Crippen LogP contribution in [0.15, 0.2) is 60.8 Å². The Kier molecular flexibility index (Phi) is 6.09. The van der Waals surface area contributed by atoms with Crippen LogP contribution in [0.2, 0.25) is 0 Å². The Bertz CT molecular complexity index is 989. The molecule has 0 fully saturated rings. The highest BCUT2D eigenvalue weighted by Gasteiger charge is 2.36. The minimum atomic E-state index is -4.01. The Morgan fingerprint density at radius 1 is 1.14 bits per heavy atom. The maximum Gasteiger partial charge on any atom is 0.304 e. The number of hydrogen-bond donors (Lipinski definition) is 2. The van der Waals surface area contributed by atoms with Gasteiger partial charge in [-0.15, -0.1) is 0 Å². The van der Waals surface area contributed by atoms with Crippen LogP contribution in [-0.4, -0.2) is 44.4 Å². The summed E-state index contributed by atoms with van der Waals surface area (Å²) in [6.07, 6.45) is 0.222. The average Bonchev–Trinajstić information content (AvgIpc) is 3.15. The number of rotatable bonds is 8. The number of ether oxygens (including phenoxy) is 1. The zero-order valence-electron chi connectivity index (χ0n) is 16.1. The smallest absolute Gasteiger partial charge is 0.304 e. The third kappa shape index (κ3) is 4.87. The molecule has 1 aliphatic heterocycles. The fraction of sp³-hybridized carbons (Fsp3) is 0.250. The lowest BCUT2D eigenvalue weighted by atomic mass is 10.1. The fourth-order valence-electron chi connectivity index (χ4n) is 2.84. The summed E-state index contributed by atoms with van der Waals surface area (Å²) in [6, 6.07) is 16.5. The number of nitrogens with zero attached hydrogens (tertiary/aromatic N) is 2. The van der Waals surface area contributed by atoms with Crippen molar-refractivity contribution >= 4 is 27.6 Å². The van der Waals surface area contributed by atoms with E-state index in [1.165, 1.54) is 6.20 Å². The zero-order valence-corrected chi connectivity index (χ0v) is 17.0. The van der Waals surface area contributed by atoms with Crippen LogP contribution in [-0.2, 0) is 19.7 Å². The molecule has 2 N–H and O–H groups in total. The predicted molar refractivity (Wildman–Crippen MR) is 110 cm³/mol. The standard InChI is InChI=1S/C20H23N3O5S/c1-22(2)17-10-8-15(9-11-17)18-14-23(29(26,27)21-13-12-19(24)25)20(28-18)16-6-4-3-5-7-16/h3-11,14,20-21H,12-13H2,1-2H3,(H,24,25). The summed E-state index contributed by atoms with van der Waals surface area (Å²) in [5.74, 6) is -0.671. The second-order valence-electron chi connectivity index (χ2n) is 6.69. The van der Waals surface area contributed by atoms with Crippen LogP contribution in [0.5, 0.6) is 0 Å².